The lowest BCUT2D eigenvalue weighted by Crippen LogP contribution is -2.28. The van der Waals surface area contributed by atoms with Crippen LogP contribution in [-0.2, 0) is 6.42 Å². The Bertz CT molecular complexity index is 966. The van der Waals surface area contributed by atoms with Gasteiger partial charge in [-0.05, 0) is 48.4 Å². The van der Waals surface area contributed by atoms with Crippen molar-refractivity contribution in [3.63, 3.8) is 0 Å². The van der Waals surface area contributed by atoms with Gasteiger partial charge in [0.25, 0.3) is 5.91 Å². The van der Waals surface area contributed by atoms with Crippen molar-refractivity contribution in [3.8, 4) is 22.8 Å². The van der Waals surface area contributed by atoms with Crippen molar-refractivity contribution >= 4 is 11.6 Å². The summed E-state index contributed by atoms with van der Waals surface area (Å²) in [5.41, 5.74) is 3.62. The van der Waals surface area contributed by atoms with Gasteiger partial charge in [0.2, 0.25) is 6.79 Å². The zero-order valence-electron chi connectivity index (χ0n) is 13.3. The van der Waals surface area contributed by atoms with Crippen LogP contribution in [0.4, 0.5) is 5.69 Å². The van der Waals surface area contributed by atoms with Crippen molar-refractivity contribution in [1.82, 2.24) is 5.16 Å². The van der Waals surface area contributed by atoms with Crippen molar-refractivity contribution in [3.05, 3.63) is 59.8 Å². The van der Waals surface area contributed by atoms with Crippen LogP contribution in [0.1, 0.15) is 15.9 Å². The largest absolute Gasteiger partial charge is 0.454 e. The summed E-state index contributed by atoms with van der Waals surface area (Å²) in [6, 6.07) is 13.1. The number of hydrogen-bond donors (Lipinski definition) is 0. The Kier molecular flexibility index (Phi) is 3.03. The van der Waals surface area contributed by atoms with E-state index in [4.69, 9.17) is 14.0 Å². The molecule has 0 spiro atoms. The summed E-state index contributed by atoms with van der Waals surface area (Å²) < 4.78 is 15.9. The first kappa shape index (κ1) is 14.1. The fourth-order valence-electron chi connectivity index (χ4n) is 3.32. The van der Waals surface area contributed by atoms with Crippen molar-refractivity contribution in [2.75, 3.05) is 18.2 Å². The average Bonchev–Trinajstić information content (AvgIpc) is 3.39. The second-order valence-corrected chi connectivity index (χ2v) is 6.00. The lowest BCUT2D eigenvalue weighted by atomic mass is 10.1. The molecule has 6 heteroatoms. The molecule has 3 aromatic rings. The lowest BCUT2D eigenvalue weighted by molar-refractivity contribution is 0.0989. The summed E-state index contributed by atoms with van der Waals surface area (Å²) in [7, 11) is 0. The number of anilines is 1. The standard InChI is InChI=1S/C19H14N2O4/c22-19(14-2-4-17-18(10-14)24-11-23-17)21-8-6-12-9-13(1-3-15(12)21)16-5-7-20-25-16/h1-5,7,9-10H,6,8,11H2. The maximum absolute atomic E-state index is 12.9. The molecule has 0 saturated heterocycles. The quantitative estimate of drug-likeness (QED) is 0.720. The molecule has 0 atom stereocenters. The molecular formula is C19H14N2O4. The second kappa shape index (κ2) is 5.37. The van der Waals surface area contributed by atoms with E-state index in [-0.39, 0.29) is 12.7 Å². The molecule has 5 rings (SSSR count). The van der Waals surface area contributed by atoms with Gasteiger partial charge in [0, 0.05) is 29.4 Å². The van der Waals surface area contributed by atoms with Crippen LogP contribution in [0.2, 0.25) is 0 Å². The van der Waals surface area contributed by atoms with Crippen molar-refractivity contribution in [2.45, 2.75) is 6.42 Å². The van der Waals surface area contributed by atoms with Gasteiger partial charge in [0.15, 0.2) is 17.3 Å². The predicted molar refractivity (Wildman–Crippen MR) is 89.9 cm³/mol. The lowest BCUT2D eigenvalue weighted by Gasteiger charge is -2.17. The minimum absolute atomic E-state index is 0.0375. The molecule has 0 radical (unpaired) electrons. The van der Waals surface area contributed by atoms with E-state index in [2.05, 4.69) is 11.2 Å². The molecule has 25 heavy (non-hydrogen) atoms. The molecule has 0 N–H and O–H groups in total. The van der Waals surface area contributed by atoms with Crippen LogP contribution in [-0.4, -0.2) is 24.4 Å². The highest BCUT2D eigenvalue weighted by Gasteiger charge is 2.27. The van der Waals surface area contributed by atoms with Crippen LogP contribution in [0.3, 0.4) is 0 Å². The average molecular weight is 334 g/mol. The molecule has 2 aromatic carbocycles. The Hall–Kier alpha value is -3.28. The SMILES string of the molecule is O=C(c1ccc2c(c1)OCO2)N1CCc2cc(-c3ccno3)ccc21. The predicted octanol–water partition coefficient (Wildman–Crippen LogP) is 3.27. The highest BCUT2D eigenvalue weighted by molar-refractivity contribution is 6.07. The van der Waals surface area contributed by atoms with E-state index >= 15 is 0 Å². The van der Waals surface area contributed by atoms with E-state index in [1.807, 2.05) is 18.2 Å². The van der Waals surface area contributed by atoms with Gasteiger partial charge in [-0.3, -0.25) is 4.79 Å². The van der Waals surface area contributed by atoms with Crippen molar-refractivity contribution in [2.24, 2.45) is 0 Å². The maximum atomic E-state index is 12.9. The van der Waals surface area contributed by atoms with E-state index < -0.39 is 0 Å². The number of carbonyl (C=O) groups is 1. The molecule has 0 saturated carbocycles. The first-order valence-corrected chi connectivity index (χ1v) is 8.05. The first-order chi connectivity index (χ1) is 12.3. The van der Waals surface area contributed by atoms with Crippen molar-refractivity contribution in [1.29, 1.82) is 0 Å². The zero-order chi connectivity index (χ0) is 16.8. The molecule has 0 bridgehead atoms. The fourth-order valence-corrected chi connectivity index (χ4v) is 3.32. The van der Waals surface area contributed by atoms with E-state index in [0.717, 1.165) is 29.0 Å². The van der Waals surface area contributed by atoms with Crippen LogP contribution in [0.5, 0.6) is 11.5 Å². The van der Waals surface area contributed by atoms with Crippen LogP contribution in [0.25, 0.3) is 11.3 Å². The Morgan fingerprint density at radius 3 is 2.84 bits per heavy atom. The Morgan fingerprint density at radius 2 is 1.96 bits per heavy atom. The van der Waals surface area contributed by atoms with E-state index in [1.54, 1.807) is 29.3 Å². The summed E-state index contributed by atoms with van der Waals surface area (Å²) >= 11 is 0. The van der Waals surface area contributed by atoms with Crippen molar-refractivity contribution < 1.29 is 18.8 Å². The molecule has 1 amide bonds. The monoisotopic (exact) mass is 334 g/mol. The number of benzene rings is 2. The Balaban J connectivity index is 1.46. The topological polar surface area (TPSA) is 64.8 Å². The van der Waals surface area contributed by atoms with E-state index in [9.17, 15) is 4.79 Å². The molecule has 0 aliphatic carbocycles. The maximum Gasteiger partial charge on any atom is 0.258 e. The molecule has 2 aliphatic heterocycles. The number of hydrogen-bond acceptors (Lipinski definition) is 5. The van der Waals surface area contributed by atoms with Crippen LogP contribution in [0, 0.1) is 0 Å². The van der Waals surface area contributed by atoms with Gasteiger partial charge < -0.3 is 18.9 Å². The third-order valence-electron chi connectivity index (χ3n) is 4.56. The Labute approximate surface area is 143 Å². The Morgan fingerprint density at radius 1 is 1.04 bits per heavy atom. The summed E-state index contributed by atoms with van der Waals surface area (Å²) in [6.45, 7) is 0.854. The fraction of sp³-hybridized carbons (Fsp3) is 0.158. The van der Waals surface area contributed by atoms with Gasteiger partial charge in [-0.25, -0.2) is 0 Å². The number of rotatable bonds is 2. The van der Waals surface area contributed by atoms with Gasteiger partial charge >= 0.3 is 0 Å². The first-order valence-electron chi connectivity index (χ1n) is 8.05. The third kappa shape index (κ3) is 2.26. The zero-order valence-corrected chi connectivity index (χ0v) is 13.3. The smallest absolute Gasteiger partial charge is 0.258 e. The summed E-state index contributed by atoms with van der Waals surface area (Å²) in [4.78, 5) is 14.7. The normalized spacial score (nSPS) is 14.6. The molecular weight excluding hydrogens is 320 g/mol. The summed E-state index contributed by atoms with van der Waals surface area (Å²) in [5, 5.41) is 3.74. The molecule has 0 fully saturated rings. The van der Waals surface area contributed by atoms with Gasteiger partial charge in [0.1, 0.15) is 0 Å². The number of fused-ring (bicyclic) bond motifs is 2. The van der Waals surface area contributed by atoms with Crippen LogP contribution >= 0.6 is 0 Å². The van der Waals surface area contributed by atoms with Crippen LogP contribution < -0.4 is 14.4 Å². The highest BCUT2D eigenvalue weighted by Crippen LogP contribution is 2.36. The molecule has 2 aliphatic rings. The molecule has 0 unspecified atom stereocenters. The highest BCUT2D eigenvalue weighted by atomic mass is 16.7. The number of ether oxygens (including phenoxy) is 2. The second-order valence-electron chi connectivity index (χ2n) is 6.00. The van der Waals surface area contributed by atoms with Gasteiger partial charge in [-0.1, -0.05) is 5.16 Å². The van der Waals surface area contributed by atoms with Gasteiger partial charge in [-0.2, -0.15) is 0 Å². The third-order valence-corrected chi connectivity index (χ3v) is 4.56. The summed E-state index contributed by atoms with van der Waals surface area (Å²) in [5.74, 6) is 1.98. The molecule has 6 nitrogen and oxygen atoms in total. The minimum atomic E-state index is -0.0375. The number of amides is 1. The van der Waals surface area contributed by atoms with Gasteiger partial charge in [-0.15, -0.1) is 0 Å². The van der Waals surface area contributed by atoms with Gasteiger partial charge in [0.05, 0.1) is 6.20 Å². The summed E-state index contributed by atoms with van der Waals surface area (Å²) in [6.07, 6.45) is 2.44. The number of nitrogens with zero attached hydrogens (tertiary/aromatic N) is 2. The van der Waals surface area contributed by atoms with E-state index in [0.29, 0.717) is 23.6 Å². The van der Waals surface area contributed by atoms with Crippen LogP contribution in [0.15, 0.2) is 53.2 Å². The minimum Gasteiger partial charge on any atom is -0.454 e. The molecule has 1 aromatic heterocycles. The molecule has 3 heterocycles. The molecule has 124 valence electrons. The van der Waals surface area contributed by atoms with E-state index in [1.165, 1.54) is 0 Å². The number of aromatic nitrogens is 1. The number of carbonyl (C=O) groups excluding carboxylic acids is 1.